The SMILES string of the molecule is COCc1cc(=S)nc(-c2ncc(C)cc2C)[nH]1. The predicted molar refractivity (Wildman–Crippen MR) is 72.8 cm³/mol. The Labute approximate surface area is 111 Å². The van der Waals surface area contributed by atoms with Gasteiger partial charge in [0.2, 0.25) is 0 Å². The molecule has 0 atom stereocenters. The Morgan fingerprint density at radius 1 is 1.33 bits per heavy atom. The van der Waals surface area contributed by atoms with Crippen molar-refractivity contribution in [2.45, 2.75) is 20.5 Å². The Balaban J connectivity index is 2.53. The van der Waals surface area contributed by atoms with Gasteiger partial charge in [0.05, 0.1) is 6.61 Å². The zero-order valence-corrected chi connectivity index (χ0v) is 11.5. The normalized spacial score (nSPS) is 10.6. The summed E-state index contributed by atoms with van der Waals surface area (Å²) in [6.45, 7) is 4.50. The molecule has 0 bridgehead atoms. The topological polar surface area (TPSA) is 50.8 Å². The largest absolute Gasteiger partial charge is 0.378 e. The molecule has 18 heavy (non-hydrogen) atoms. The molecule has 0 saturated heterocycles. The molecule has 0 fully saturated rings. The summed E-state index contributed by atoms with van der Waals surface area (Å²) in [4.78, 5) is 11.9. The molecule has 2 rings (SSSR count). The third-order valence-corrected chi connectivity index (χ3v) is 2.75. The van der Waals surface area contributed by atoms with Crippen molar-refractivity contribution >= 4 is 12.2 Å². The number of hydrogen-bond acceptors (Lipinski definition) is 4. The number of aromatic amines is 1. The molecule has 0 aliphatic heterocycles. The first-order chi connectivity index (χ1) is 8.60. The molecule has 4 nitrogen and oxygen atoms in total. The average Bonchev–Trinajstić information content (AvgIpc) is 2.28. The summed E-state index contributed by atoms with van der Waals surface area (Å²) in [5.74, 6) is 0.687. The Kier molecular flexibility index (Phi) is 3.84. The maximum Gasteiger partial charge on any atom is 0.158 e. The van der Waals surface area contributed by atoms with Gasteiger partial charge in [-0.05, 0) is 31.0 Å². The molecule has 0 unspecified atom stereocenters. The van der Waals surface area contributed by atoms with Gasteiger partial charge in [-0.15, -0.1) is 0 Å². The Morgan fingerprint density at radius 3 is 2.78 bits per heavy atom. The lowest BCUT2D eigenvalue weighted by Gasteiger charge is -2.07. The first-order valence-electron chi connectivity index (χ1n) is 5.63. The van der Waals surface area contributed by atoms with Crippen molar-refractivity contribution in [3.8, 4) is 11.5 Å². The smallest absolute Gasteiger partial charge is 0.158 e. The first-order valence-corrected chi connectivity index (χ1v) is 6.04. The van der Waals surface area contributed by atoms with Crippen LogP contribution in [0.1, 0.15) is 16.8 Å². The summed E-state index contributed by atoms with van der Waals surface area (Å²) in [5.41, 5.74) is 3.92. The number of ether oxygens (including phenoxy) is 1. The highest BCUT2D eigenvalue weighted by atomic mass is 32.1. The highest BCUT2D eigenvalue weighted by molar-refractivity contribution is 7.71. The molecule has 2 aromatic heterocycles. The minimum Gasteiger partial charge on any atom is -0.378 e. The second kappa shape index (κ2) is 5.37. The highest BCUT2D eigenvalue weighted by Crippen LogP contribution is 2.18. The average molecular weight is 261 g/mol. The molecule has 94 valence electrons. The number of pyridine rings is 1. The summed E-state index contributed by atoms with van der Waals surface area (Å²) < 4.78 is 5.64. The molecule has 1 N–H and O–H groups in total. The minimum atomic E-state index is 0.476. The van der Waals surface area contributed by atoms with E-state index >= 15 is 0 Å². The van der Waals surface area contributed by atoms with Crippen molar-refractivity contribution in [1.29, 1.82) is 0 Å². The summed E-state index contributed by atoms with van der Waals surface area (Å²) in [7, 11) is 1.65. The number of nitrogens with one attached hydrogen (secondary N) is 1. The Bertz CT molecular complexity index is 622. The summed E-state index contributed by atoms with van der Waals surface area (Å²) >= 11 is 5.16. The van der Waals surface area contributed by atoms with Gasteiger partial charge in [0.15, 0.2) is 5.82 Å². The van der Waals surface area contributed by atoms with Crippen LogP contribution in [0.2, 0.25) is 0 Å². The third kappa shape index (κ3) is 2.80. The lowest BCUT2D eigenvalue weighted by Crippen LogP contribution is -2.00. The van der Waals surface area contributed by atoms with Crippen LogP contribution >= 0.6 is 12.2 Å². The second-order valence-electron chi connectivity index (χ2n) is 4.20. The van der Waals surface area contributed by atoms with E-state index in [0.717, 1.165) is 22.5 Å². The van der Waals surface area contributed by atoms with Crippen LogP contribution in [0, 0.1) is 18.5 Å². The van der Waals surface area contributed by atoms with E-state index in [-0.39, 0.29) is 0 Å². The molecular weight excluding hydrogens is 246 g/mol. The van der Waals surface area contributed by atoms with Crippen LogP contribution in [-0.2, 0) is 11.3 Å². The van der Waals surface area contributed by atoms with Crippen LogP contribution in [0.5, 0.6) is 0 Å². The number of methoxy groups -OCH3 is 1. The van der Waals surface area contributed by atoms with Crippen molar-refractivity contribution in [2.75, 3.05) is 7.11 Å². The second-order valence-corrected chi connectivity index (χ2v) is 4.62. The van der Waals surface area contributed by atoms with Crippen LogP contribution in [-0.4, -0.2) is 22.1 Å². The van der Waals surface area contributed by atoms with Crippen molar-refractivity contribution in [3.63, 3.8) is 0 Å². The van der Waals surface area contributed by atoms with Crippen LogP contribution in [0.15, 0.2) is 18.3 Å². The highest BCUT2D eigenvalue weighted by Gasteiger charge is 2.07. The van der Waals surface area contributed by atoms with E-state index in [0.29, 0.717) is 17.1 Å². The Hall–Kier alpha value is -1.59. The molecule has 2 aromatic rings. The lowest BCUT2D eigenvalue weighted by atomic mass is 10.1. The summed E-state index contributed by atoms with van der Waals surface area (Å²) in [6, 6.07) is 3.87. The molecule has 5 heteroatoms. The van der Waals surface area contributed by atoms with Crippen molar-refractivity contribution < 1.29 is 4.74 Å². The van der Waals surface area contributed by atoms with E-state index in [1.165, 1.54) is 0 Å². The van der Waals surface area contributed by atoms with Gasteiger partial charge >= 0.3 is 0 Å². The van der Waals surface area contributed by atoms with Crippen LogP contribution in [0.25, 0.3) is 11.5 Å². The number of aryl methyl sites for hydroxylation is 2. The molecule has 0 saturated carbocycles. The fourth-order valence-electron chi connectivity index (χ4n) is 1.82. The van der Waals surface area contributed by atoms with Crippen LogP contribution in [0.3, 0.4) is 0 Å². The van der Waals surface area contributed by atoms with Gasteiger partial charge in [-0.1, -0.05) is 18.3 Å². The summed E-state index contributed by atoms with van der Waals surface area (Å²) in [6.07, 6.45) is 1.82. The van der Waals surface area contributed by atoms with Crippen molar-refractivity contribution in [3.05, 3.63) is 39.8 Å². The van der Waals surface area contributed by atoms with E-state index in [4.69, 9.17) is 17.0 Å². The van der Waals surface area contributed by atoms with Gasteiger partial charge in [-0.3, -0.25) is 4.98 Å². The third-order valence-electron chi connectivity index (χ3n) is 2.54. The van der Waals surface area contributed by atoms with Crippen molar-refractivity contribution in [1.82, 2.24) is 15.0 Å². The zero-order chi connectivity index (χ0) is 13.1. The first kappa shape index (κ1) is 12.9. The molecule has 0 spiro atoms. The quantitative estimate of drug-likeness (QED) is 0.863. The fourth-order valence-corrected chi connectivity index (χ4v) is 2.05. The lowest BCUT2D eigenvalue weighted by molar-refractivity contribution is 0.181. The van der Waals surface area contributed by atoms with E-state index in [9.17, 15) is 0 Å². The van der Waals surface area contributed by atoms with Crippen molar-refractivity contribution in [2.24, 2.45) is 0 Å². The maximum atomic E-state index is 5.16. The Morgan fingerprint density at radius 2 is 2.11 bits per heavy atom. The monoisotopic (exact) mass is 261 g/mol. The molecule has 0 aromatic carbocycles. The summed E-state index contributed by atoms with van der Waals surface area (Å²) in [5, 5.41) is 0. The standard InChI is InChI=1S/C13H15N3OS/c1-8-4-9(2)12(14-6-8)13-15-10(7-17-3)5-11(18)16-13/h4-6H,7H2,1-3H3,(H,15,16,18). The van der Waals surface area contributed by atoms with Gasteiger partial charge in [0, 0.05) is 19.0 Å². The number of H-pyrrole nitrogens is 1. The van der Waals surface area contributed by atoms with Gasteiger partial charge in [-0.2, -0.15) is 0 Å². The molecule has 0 radical (unpaired) electrons. The zero-order valence-electron chi connectivity index (χ0n) is 10.7. The molecule has 0 amide bonds. The molecule has 0 aliphatic carbocycles. The number of hydrogen-bond donors (Lipinski definition) is 1. The molecule has 2 heterocycles. The number of nitrogens with zero attached hydrogens (tertiary/aromatic N) is 2. The van der Waals surface area contributed by atoms with E-state index in [1.54, 1.807) is 13.2 Å². The van der Waals surface area contributed by atoms with E-state index in [1.807, 2.05) is 20.0 Å². The van der Waals surface area contributed by atoms with Gasteiger partial charge in [0.25, 0.3) is 0 Å². The van der Waals surface area contributed by atoms with Gasteiger partial charge in [0.1, 0.15) is 10.3 Å². The maximum absolute atomic E-state index is 5.16. The van der Waals surface area contributed by atoms with Crippen LogP contribution in [0.4, 0.5) is 0 Å². The van der Waals surface area contributed by atoms with E-state index in [2.05, 4.69) is 21.0 Å². The number of rotatable bonds is 3. The predicted octanol–water partition coefficient (Wildman–Crippen LogP) is 2.96. The van der Waals surface area contributed by atoms with Gasteiger partial charge in [-0.25, -0.2) is 4.98 Å². The minimum absolute atomic E-state index is 0.476. The molecule has 0 aliphatic rings. The van der Waals surface area contributed by atoms with Crippen LogP contribution < -0.4 is 0 Å². The fraction of sp³-hybridized carbons (Fsp3) is 0.308. The van der Waals surface area contributed by atoms with E-state index < -0.39 is 0 Å². The molecular formula is C13H15N3OS. The van der Waals surface area contributed by atoms with Gasteiger partial charge < -0.3 is 9.72 Å². The number of aromatic nitrogens is 3.